The van der Waals surface area contributed by atoms with E-state index in [1.807, 2.05) is 0 Å². The van der Waals surface area contributed by atoms with Gasteiger partial charge in [-0.15, -0.1) is 0 Å². The zero-order valence-electron chi connectivity index (χ0n) is 13.8. The molecule has 0 heterocycles. The Bertz CT molecular complexity index is 554. The number of amides is 3. The first-order chi connectivity index (χ1) is 11.1. The van der Waals surface area contributed by atoms with Gasteiger partial charge in [-0.1, -0.05) is 19.3 Å². The molecule has 3 amide bonds. The second-order valence-corrected chi connectivity index (χ2v) is 5.94. The maximum atomic E-state index is 12.0. The van der Waals surface area contributed by atoms with Crippen molar-refractivity contribution in [3.8, 4) is 5.75 Å². The molecule has 0 radical (unpaired) electrons. The average molecular weight is 319 g/mol. The first-order valence-corrected chi connectivity index (χ1v) is 8.09. The van der Waals surface area contributed by atoms with Gasteiger partial charge in [0, 0.05) is 25.2 Å². The van der Waals surface area contributed by atoms with E-state index >= 15 is 0 Å². The van der Waals surface area contributed by atoms with Crippen molar-refractivity contribution in [2.24, 2.45) is 5.92 Å². The number of benzene rings is 1. The van der Waals surface area contributed by atoms with Gasteiger partial charge in [0.25, 0.3) is 0 Å². The monoisotopic (exact) mass is 319 g/mol. The molecule has 1 saturated carbocycles. The molecule has 6 heteroatoms. The molecule has 2 rings (SSSR count). The molecule has 126 valence electrons. The topological polar surface area (TPSA) is 79.5 Å². The lowest BCUT2D eigenvalue weighted by Gasteiger charge is -2.21. The highest BCUT2D eigenvalue weighted by Gasteiger charge is 2.14. The number of methoxy groups -OCH3 is 1. The normalized spacial score (nSPS) is 14.9. The van der Waals surface area contributed by atoms with Crippen LogP contribution in [0.15, 0.2) is 18.2 Å². The van der Waals surface area contributed by atoms with Gasteiger partial charge >= 0.3 is 6.03 Å². The van der Waals surface area contributed by atoms with E-state index in [4.69, 9.17) is 4.74 Å². The Hall–Kier alpha value is -2.24. The molecule has 0 spiro atoms. The maximum absolute atomic E-state index is 12.0. The zero-order valence-corrected chi connectivity index (χ0v) is 13.8. The molecule has 1 aromatic carbocycles. The Morgan fingerprint density at radius 2 is 1.91 bits per heavy atom. The lowest BCUT2D eigenvalue weighted by Crippen LogP contribution is -2.33. The van der Waals surface area contributed by atoms with Gasteiger partial charge in [0.15, 0.2) is 0 Å². The van der Waals surface area contributed by atoms with E-state index in [0.29, 0.717) is 29.6 Å². The third kappa shape index (κ3) is 5.47. The van der Waals surface area contributed by atoms with E-state index in [9.17, 15) is 9.59 Å². The molecular weight excluding hydrogens is 294 g/mol. The standard InChI is InChI=1S/C17H25N3O3/c1-12(21)19-15-9-8-14(10-16(15)23-2)20-17(22)18-11-13-6-4-3-5-7-13/h8-10,13H,3-7,11H2,1-2H3,(H,19,21)(H2,18,20,22). The van der Waals surface area contributed by atoms with Crippen LogP contribution < -0.4 is 20.7 Å². The predicted molar refractivity (Wildman–Crippen MR) is 90.9 cm³/mol. The molecule has 0 aromatic heterocycles. The molecule has 0 saturated heterocycles. The number of urea groups is 1. The van der Waals surface area contributed by atoms with Crippen molar-refractivity contribution in [1.82, 2.24) is 5.32 Å². The van der Waals surface area contributed by atoms with Crippen LogP contribution >= 0.6 is 0 Å². The smallest absolute Gasteiger partial charge is 0.319 e. The fourth-order valence-electron chi connectivity index (χ4n) is 2.87. The molecule has 0 aliphatic heterocycles. The van der Waals surface area contributed by atoms with Crippen LogP contribution in [0.2, 0.25) is 0 Å². The summed E-state index contributed by atoms with van der Waals surface area (Å²) < 4.78 is 5.24. The highest BCUT2D eigenvalue weighted by atomic mass is 16.5. The van der Waals surface area contributed by atoms with Gasteiger partial charge in [0.1, 0.15) is 5.75 Å². The van der Waals surface area contributed by atoms with Crippen molar-refractivity contribution in [2.45, 2.75) is 39.0 Å². The molecular formula is C17H25N3O3. The quantitative estimate of drug-likeness (QED) is 0.778. The first kappa shape index (κ1) is 17.1. The minimum atomic E-state index is -0.218. The third-order valence-electron chi connectivity index (χ3n) is 4.05. The number of rotatable bonds is 5. The second kappa shape index (κ2) is 8.41. The minimum Gasteiger partial charge on any atom is -0.494 e. The van der Waals surface area contributed by atoms with E-state index in [2.05, 4.69) is 16.0 Å². The van der Waals surface area contributed by atoms with Gasteiger partial charge in [-0.25, -0.2) is 4.79 Å². The molecule has 1 aromatic rings. The van der Waals surface area contributed by atoms with Gasteiger partial charge < -0.3 is 20.7 Å². The lowest BCUT2D eigenvalue weighted by molar-refractivity contribution is -0.114. The van der Waals surface area contributed by atoms with E-state index in [-0.39, 0.29) is 11.9 Å². The molecule has 6 nitrogen and oxygen atoms in total. The number of carbonyl (C=O) groups excluding carboxylic acids is 2. The fourth-order valence-corrected chi connectivity index (χ4v) is 2.87. The van der Waals surface area contributed by atoms with Gasteiger partial charge in [-0.2, -0.15) is 0 Å². The Morgan fingerprint density at radius 1 is 1.17 bits per heavy atom. The molecule has 0 atom stereocenters. The first-order valence-electron chi connectivity index (χ1n) is 8.09. The Balaban J connectivity index is 1.88. The van der Waals surface area contributed by atoms with Gasteiger partial charge in [0.2, 0.25) is 5.91 Å². The summed E-state index contributed by atoms with van der Waals surface area (Å²) in [7, 11) is 1.52. The summed E-state index contributed by atoms with van der Waals surface area (Å²) >= 11 is 0. The second-order valence-electron chi connectivity index (χ2n) is 5.94. The van der Waals surface area contributed by atoms with Crippen molar-refractivity contribution >= 4 is 23.3 Å². The number of carbonyl (C=O) groups is 2. The summed E-state index contributed by atoms with van der Waals surface area (Å²) in [5, 5.41) is 8.40. The summed E-state index contributed by atoms with van der Waals surface area (Å²) in [4.78, 5) is 23.1. The SMILES string of the molecule is COc1cc(NC(=O)NCC2CCCCC2)ccc1NC(C)=O. The van der Waals surface area contributed by atoms with Crippen LogP contribution in [0.25, 0.3) is 0 Å². The Labute approximate surface area is 137 Å². The van der Waals surface area contributed by atoms with E-state index in [1.54, 1.807) is 18.2 Å². The highest BCUT2D eigenvalue weighted by Crippen LogP contribution is 2.28. The fraction of sp³-hybridized carbons (Fsp3) is 0.529. The van der Waals surface area contributed by atoms with Crippen LogP contribution in [0.5, 0.6) is 5.75 Å². The molecule has 23 heavy (non-hydrogen) atoms. The number of hydrogen-bond acceptors (Lipinski definition) is 3. The number of hydrogen-bond donors (Lipinski definition) is 3. The molecule has 1 aliphatic rings. The Kier molecular flexibility index (Phi) is 6.26. The van der Waals surface area contributed by atoms with Crippen molar-refractivity contribution in [3.63, 3.8) is 0 Å². The third-order valence-corrected chi connectivity index (χ3v) is 4.05. The van der Waals surface area contributed by atoms with Crippen LogP contribution in [0.1, 0.15) is 39.0 Å². The molecule has 1 fully saturated rings. The summed E-state index contributed by atoms with van der Waals surface area (Å²) in [6.07, 6.45) is 6.22. The zero-order chi connectivity index (χ0) is 16.7. The van der Waals surface area contributed by atoms with Crippen LogP contribution in [0, 0.1) is 5.92 Å². The summed E-state index contributed by atoms with van der Waals surface area (Å²) in [5.41, 5.74) is 1.20. The van der Waals surface area contributed by atoms with E-state index < -0.39 is 0 Å². The number of anilines is 2. The van der Waals surface area contributed by atoms with Crippen molar-refractivity contribution in [2.75, 3.05) is 24.3 Å². The largest absolute Gasteiger partial charge is 0.494 e. The van der Waals surface area contributed by atoms with Gasteiger partial charge in [-0.3, -0.25) is 4.79 Å². The van der Waals surface area contributed by atoms with Crippen molar-refractivity contribution in [1.29, 1.82) is 0 Å². The van der Waals surface area contributed by atoms with Crippen LogP contribution in [-0.4, -0.2) is 25.6 Å². The molecule has 3 N–H and O–H groups in total. The average Bonchev–Trinajstić information content (AvgIpc) is 2.55. The summed E-state index contributed by atoms with van der Waals surface area (Å²) in [6.45, 7) is 2.15. The van der Waals surface area contributed by atoms with Crippen molar-refractivity contribution in [3.05, 3.63) is 18.2 Å². The summed E-state index contributed by atoms with van der Waals surface area (Å²) in [6, 6.07) is 4.90. The van der Waals surface area contributed by atoms with Crippen LogP contribution in [0.4, 0.5) is 16.2 Å². The lowest BCUT2D eigenvalue weighted by atomic mass is 9.89. The number of nitrogens with one attached hydrogen (secondary N) is 3. The van der Waals surface area contributed by atoms with Gasteiger partial charge in [-0.05, 0) is 30.9 Å². The molecule has 1 aliphatic carbocycles. The summed E-state index contributed by atoms with van der Waals surface area (Å²) in [5.74, 6) is 0.922. The van der Waals surface area contributed by atoms with Crippen molar-refractivity contribution < 1.29 is 14.3 Å². The minimum absolute atomic E-state index is 0.172. The van der Waals surface area contributed by atoms with E-state index in [0.717, 1.165) is 0 Å². The van der Waals surface area contributed by atoms with Crippen LogP contribution in [0.3, 0.4) is 0 Å². The van der Waals surface area contributed by atoms with E-state index in [1.165, 1.54) is 46.1 Å². The van der Waals surface area contributed by atoms with Gasteiger partial charge in [0.05, 0.1) is 12.8 Å². The molecule has 0 unspecified atom stereocenters. The molecule has 0 bridgehead atoms. The predicted octanol–water partition coefficient (Wildman–Crippen LogP) is 3.36. The number of ether oxygens (including phenoxy) is 1. The Morgan fingerprint density at radius 3 is 2.57 bits per heavy atom. The maximum Gasteiger partial charge on any atom is 0.319 e. The highest BCUT2D eigenvalue weighted by molar-refractivity contribution is 5.93. The van der Waals surface area contributed by atoms with Crippen LogP contribution in [-0.2, 0) is 4.79 Å².